The van der Waals surface area contributed by atoms with Crippen molar-refractivity contribution in [2.75, 3.05) is 19.1 Å². The molecule has 0 fully saturated rings. The van der Waals surface area contributed by atoms with Crippen molar-refractivity contribution in [1.29, 1.82) is 0 Å². The van der Waals surface area contributed by atoms with Crippen molar-refractivity contribution in [3.8, 4) is 11.5 Å². The number of anilines is 1. The van der Waals surface area contributed by atoms with Crippen LogP contribution in [-0.2, 0) is 17.9 Å². The number of hydrogen-bond acceptors (Lipinski definition) is 7. The fourth-order valence-electron chi connectivity index (χ4n) is 2.36. The number of carbonyl (C=O) groups is 1. The summed E-state index contributed by atoms with van der Waals surface area (Å²) in [5.41, 5.74) is 0.679. The van der Waals surface area contributed by atoms with Crippen molar-refractivity contribution >= 4 is 22.6 Å². The second-order valence-electron chi connectivity index (χ2n) is 6.90. The largest absolute Gasteiger partial charge is 0.497 e. The number of nitrogens with zero attached hydrogens (tertiary/aromatic N) is 2. The standard InChI is InChI=1S/C19H26N2O5S/c1-12-15(11-22)20-17(27-12)21(18(23)26-19(2,3)4)10-13-7-8-14(24-5)9-16(13)25-6/h7-9,22H,10-11H2,1-6H3. The van der Waals surface area contributed by atoms with Crippen LogP contribution in [0.4, 0.5) is 9.93 Å². The molecule has 0 atom stereocenters. The Bertz CT molecular complexity index is 798. The molecule has 8 heteroatoms. The lowest BCUT2D eigenvalue weighted by atomic mass is 10.1. The molecule has 0 radical (unpaired) electrons. The molecule has 148 valence electrons. The average molecular weight is 394 g/mol. The maximum atomic E-state index is 12.8. The lowest BCUT2D eigenvalue weighted by molar-refractivity contribution is 0.0577. The second kappa shape index (κ2) is 8.58. The topological polar surface area (TPSA) is 81.1 Å². The molecule has 27 heavy (non-hydrogen) atoms. The monoisotopic (exact) mass is 394 g/mol. The highest BCUT2D eigenvalue weighted by Gasteiger charge is 2.27. The quantitative estimate of drug-likeness (QED) is 0.800. The Hall–Kier alpha value is -2.32. The second-order valence-corrected chi connectivity index (χ2v) is 8.08. The number of amides is 1. The summed E-state index contributed by atoms with van der Waals surface area (Å²) in [6.45, 7) is 7.31. The number of aryl methyl sites for hydroxylation is 1. The number of aliphatic hydroxyl groups excluding tert-OH is 1. The van der Waals surface area contributed by atoms with E-state index in [0.717, 1.165) is 10.4 Å². The fourth-order valence-corrected chi connectivity index (χ4v) is 3.26. The van der Waals surface area contributed by atoms with Crippen molar-refractivity contribution in [3.05, 3.63) is 34.3 Å². The Labute approximate surface area is 163 Å². The van der Waals surface area contributed by atoms with Gasteiger partial charge in [-0.1, -0.05) is 0 Å². The van der Waals surface area contributed by atoms with Crippen LogP contribution in [0.3, 0.4) is 0 Å². The van der Waals surface area contributed by atoms with Gasteiger partial charge < -0.3 is 19.3 Å². The number of carbonyl (C=O) groups excluding carboxylic acids is 1. The van der Waals surface area contributed by atoms with Gasteiger partial charge in [-0.25, -0.2) is 14.7 Å². The van der Waals surface area contributed by atoms with Gasteiger partial charge in [-0.3, -0.25) is 0 Å². The predicted octanol–water partition coefficient (Wildman–Crippen LogP) is 3.90. The van der Waals surface area contributed by atoms with Crippen LogP contribution in [-0.4, -0.2) is 36.0 Å². The highest BCUT2D eigenvalue weighted by molar-refractivity contribution is 7.15. The van der Waals surface area contributed by atoms with Gasteiger partial charge in [-0.15, -0.1) is 11.3 Å². The summed E-state index contributed by atoms with van der Waals surface area (Å²) in [4.78, 5) is 19.5. The van der Waals surface area contributed by atoms with Gasteiger partial charge in [0.05, 0.1) is 33.1 Å². The third kappa shape index (κ3) is 5.33. The summed E-state index contributed by atoms with van der Waals surface area (Å²) in [6, 6.07) is 5.40. The van der Waals surface area contributed by atoms with E-state index in [2.05, 4.69) is 4.98 Å². The summed E-state index contributed by atoms with van der Waals surface area (Å²) < 4.78 is 16.2. The molecule has 0 saturated carbocycles. The van der Waals surface area contributed by atoms with Crippen molar-refractivity contribution < 1.29 is 24.1 Å². The van der Waals surface area contributed by atoms with Crippen LogP contribution in [0.2, 0.25) is 0 Å². The van der Waals surface area contributed by atoms with Crippen LogP contribution in [0.1, 0.15) is 36.9 Å². The van der Waals surface area contributed by atoms with Gasteiger partial charge in [-0.2, -0.15) is 0 Å². The first kappa shape index (κ1) is 21.0. The summed E-state index contributed by atoms with van der Waals surface area (Å²) in [5, 5.41) is 9.91. The number of ether oxygens (including phenoxy) is 3. The number of thiazole rings is 1. The summed E-state index contributed by atoms with van der Waals surface area (Å²) in [6.07, 6.45) is -0.515. The molecule has 0 bridgehead atoms. The van der Waals surface area contributed by atoms with Gasteiger partial charge in [-0.05, 0) is 39.8 Å². The van der Waals surface area contributed by atoms with Crippen LogP contribution in [0, 0.1) is 6.92 Å². The van der Waals surface area contributed by atoms with E-state index in [-0.39, 0.29) is 13.2 Å². The van der Waals surface area contributed by atoms with Gasteiger partial charge in [0.1, 0.15) is 17.1 Å². The van der Waals surface area contributed by atoms with E-state index in [0.29, 0.717) is 22.3 Å². The van der Waals surface area contributed by atoms with Crippen LogP contribution >= 0.6 is 11.3 Å². The Morgan fingerprint density at radius 2 is 1.96 bits per heavy atom. The minimum atomic E-state index is -0.647. The maximum absolute atomic E-state index is 12.8. The molecule has 1 aromatic carbocycles. The molecule has 1 amide bonds. The Morgan fingerprint density at radius 3 is 2.48 bits per heavy atom. The first-order valence-corrected chi connectivity index (χ1v) is 9.28. The molecule has 1 N–H and O–H groups in total. The molecule has 0 spiro atoms. The minimum absolute atomic E-state index is 0.184. The van der Waals surface area contributed by atoms with E-state index in [9.17, 15) is 9.90 Å². The molecular formula is C19H26N2O5S. The van der Waals surface area contributed by atoms with Crippen molar-refractivity contribution in [2.45, 2.75) is 46.4 Å². The number of aromatic nitrogens is 1. The van der Waals surface area contributed by atoms with E-state index in [1.807, 2.05) is 33.8 Å². The highest BCUT2D eigenvalue weighted by atomic mass is 32.1. The van der Waals surface area contributed by atoms with Crippen molar-refractivity contribution in [1.82, 2.24) is 4.98 Å². The molecule has 2 rings (SSSR count). The van der Waals surface area contributed by atoms with Gasteiger partial charge in [0.15, 0.2) is 5.13 Å². The van der Waals surface area contributed by atoms with Crippen LogP contribution in [0.15, 0.2) is 18.2 Å². The Balaban J connectivity index is 2.42. The zero-order valence-electron chi connectivity index (χ0n) is 16.5. The molecule has 2 aromatic rings. The van der Waals surface area contributed by atoms with Gasteiger partial charge in [0, 0.05) is 16.5 Å². The molecule has 0 aliphatic heterocycles. The number of benzene rings is 1. The van der Waals surface area contributed by atoms with Crippen molar-refractivity contribution in [3.63, 3.8) is 0 Å². The van der Waals surface area contributed by atoms with Crippen molar-refractivity contribution in [2.24, 2.45) is 0 Å². The van der Waals surface area contributed by atoms with Crippen LogP contribution in [0.25, 0.3) is 0 Å². The lowest BCUT2D eigenvalue weighted by Crippen LogP contribution is -2.36. The van der Waals surface area contributed by atoms with E-state index in [4.69, 9.17) is 14.2 Å². The number of aliphatic hydroxyl groups is 1. The zero-order valence-corrected chi connectivity index (χ0v) is 17.3. The first-order chi connectivity index (χ1) is 12.7. The van der Waals surface area contributed by atoms with E-state index < -0.39 is 11.7 Å². The van der Waals surface area contributed by atoms with Crippen LogP contribution < -0.4 is 14.4 Å². The minimum Gasteiger partial charge on any atom is -0.497 e. The SMILES string of the molecule is COc1ccc(CN(C(=O)OC(C)(C)C)c2nc(CO)c(C)s2)c(OC)c1. The maximum Gasteiger partial charge on any atom is 0.416 e. The third-order valence-corrected chi connectivity index (χ3v) is 4.73. The normalized spacial score (nSPS) is 11.2. The van der Waals surface area contributed by atoms with Gasteiger partial charge in [0.25, 0.3) is 0 Å². The van der Waals surface area contributed by atoms with E-state index in [1.165, 1.54) is 16.2 Å². The van der Waals surface area contributed by atoms with Gasteiger partial charge >= 0.3 is 6.09 Å². The molecular weight excluding hydrogens is 368 g/mol. The smallest absolute Gasteiger partial charge is 0.416 e. The molecule has 0 saturated heterocycles. The molecule has 0 aliphatic rings. The molecule has 0 unspecified atom stereocenters. The summed E-state index contributed by atoms with van der Waals surface area (Å²) >= 11 is 1.33. The molecule has 7 nitrogen and oxygen atoms in total. The summed E-state index contributed by atoms with van der Waals surface area (Å²) in [5.74, 6) is 1.26. The fraction of sp³-hybridized carbons (Fsp3) is 0.474. The Morgan fingerprint density at radius 1 is 1.26 bits per heavy atom. The number of hydrogen-bond donors (Lipinski definition) is 1. The molecule has 0 aliphatic carbocycles. The first-order valence-electron chi connectivity index (χ1n) is 8.47. The summed E-state index contributed by atoms with van der Waals surface area (Å²) in [7, 11) is 3.14. The average Bonchev–Trinajstić information content (AvgIpc) is 2.98. The van der Waals surface area contributed by atoms with Gasteiger partial charge in [0.2, 0.25) is 0 Å². The van der Waals surface area contributed by atoms with Crippen LogP contribution in [0.5, 0.6) is 11.5 Å². The lowest BCUT2D eigenvalue weighted by Gasteiger charge is -2.26. The van der Waals surface area contributed by atoms with E-state index >= 15 is 0 Å². The zero-order chi connectivity index (χ0) is 20.2. The predicted molar refractivity (Wildman–Crippen MR) is 105 cm³/mol. The number of rotatable bonds is 6. The Kier molecular flexibility index (Phi) is 6.67. The van der Waals surface area contributed by atoms with E-state index in [1.54, 1.807) is 26.4 Å². The third-order valence-electron chi connectivity index (χ3n) is 3.70. The molecule has 1 aromatic heterocycles. The highest BCUT2D eigenvalue weighted by Crippen LogP contribution is 2.31. The number of methoxy groups -OCH3 is 2. The molecule has 1 heterocycles.